The van der Waals surface area contributed by atoms with Gasteiger partial charge in [-0.05, 0) is 37.3 Å². The molecule has 110 valence electrons. The number of halogens is 2. The fourth-order valence-electron chi connectivity index (χ4n) is 1.95. The highest BCUT2D eigenvalue weighted by atomic mass is 35.5. The Morgan fingerprint density at radius 1 is 1.38 bits per heavy atom. The van der Waals surface area contributed by atoms with E-state index in [1.807, 2.05) is 6.92 Å². The summed E-state index contributed by atoms with van der Waals surface area (Å²) in [6, 6.07) is 7.54. The highest BCUT2D eigenvalue weighted by molar-refractivity contribution is 6.36. The molecule has 1 aromatic heterocycles. The predicted octanol–water partition coefficient (Wildman–Crippen LogP) is 3.13. The van der Waals surface area contributed by atoms with Crippen molar-refractivity contribution in [1.29, 1.82) is 0 Å². The van der Waals surface area contributed by atoms with Crippen LogP contribution in [0.1, 0.15) is 12.5 Å². The second-order valence-electron chi connectivity index (χ2n) is 4.20. The van der Waals surface area contributed by atoms with Gasteiger partial charge in [-0.25, -0.2) is 9.37 Å². The van der Waals surface area contributed by atoms with Crippen molar-refractivity contribution in [1.82, 2.24) is 4.98 Å². The van der Waals surface area contributed by atoms with Crippen molar-refractivity contribution in [2.45, 2.75) is 6.92 Å². The molecule has 5 nitrogen and oxygen atoms in total. The highest BCUT2D eigenvalue weighted by Gasteiger charge is 2.17. The quantitative estimate of drug-likeness (QED) is 0.394. The third-order valence-corrected chi connectivity index (χ3v) is 3.34. The lowest BCUT2D eigenvalue weighted by Gasteiger charge is -2.23. The van der Waals surface area contributed by atoms with Crippen molar-refractivity contribution >= 4 is 28.9 Å². The number of amidine groups is 1. The van der Waals surface area contributed by atoms with E-state index in [1.54, 1.807) is 23.1 Å². The predicted molar refractivity (Wildman–Crippen MR) is 80.8 cm³/mol. The maximum atomic E-state index is 13.0. The van der Waals surface area contributed by atoms with Crippen LogP contribution >= 0.6 is 11.6 Å². The van der Waals surface area contributed by atoms with E-state index in [1.165, 1.54) is 18.3 Å². The first-order valence-electron chi connectivity index (χ1n) is 6.24. The van der Waals surface area contributed by atoms with Gasteiger partial charge in [0, 0.05) is 24.0 Å². The highest BCUT2D eigenvalue weighted by Crippen LogP contribution is 2.32. The summed E-state index contributed by atoms with van der Waals surface area (Å²) < 4.78 is 13.0. The Morgan fingerprint density at radius 3 is 2.62 bits per heavy atom. The first-order valence-corrected chi connectivity index (χ1v) is 6.61. The molecular formula is C14H14ClFN4O. The molecule has 1 aromatic carbocycles. The smallest absolute Gasteiger partial charge is 0.171 e. The molecule has 3 N–H and O–H groups in total. The molecule has 21 heavy (non-hydrogen) atoms. The van der Waals surface area contributed by atoms with E-state index in [-0.39, 0.29) is 16.7 Å². The van der Waals surface area contributed by atoms with Crippen LogP contribution < -0.4 is 10.6 Å². The number of aromatic nitrogens is 1. The van der Waals surface area contributed by atoms with Gasteiger partial charge < -0.3 is 15.8 Å². The van der Waals surface area contributed by atoms with E-state index in [0.29, 0.717) is 17.9 Å². The molecule has 1 heterocycles. The summed E-state index contributed by atoms with van der Waals surface area (Å²) in [6.45, 7) is 2.48. The number of anilines is 2. The van der Waals surface area contributed by atoms with Crippen LogP contribution in [0, 0.1) is 5.82 Å². The lowest BCUT2D eigenvalue weighted by molar-refractivity contribution is 0.318. The zero-order chi connectivity index (χ0) is 15.4. The molecule has 0 unspecified atom stereocenters. The standard InChI is InChI=1S/C14H14ClFN4O/c1-2-20(10-5-3-9(16)4-6-10)14-12(15)11(7-8-18-14)13(17)19-21/h3-8,21H,2H2,1H3,(H2,17,19). The monoisotopic (exact) mass is 308 g/mol. The summed E-state index contributed by atoms with van der Waals surface area (Å²) in [4.78, 5) is 6.04. The lowest BCUT2D eigenvalue weighted by atomic mass is 10.2. The molecule has 0 saturated carbocycles. The Hall–Kier alpha value is -2.34. The second-order valence-corrected chi connectivity index (χ2v) is 4.58. The molecule has 2 aromatic rings. The van der Waals surface area contributed by atoms with Crippen LogP contribution in [-0.2, 0) is 0 Å². The number of rotatable bonds is 4. The first-order chi connectivity index (χ1) is 10.1. The van der Waals surface area contributed by atoms with Gasteiger partial charge in [0.25, 0.3) is 0 Å². The van der Waals surface area contributed by atoms with E-state index in [0.717, 1.165) is 5.69 Å². The van der Waals surface area contributed by atoms with Gasteiger partial charge in [0.15, 0.2) is 11.7 Å². The van der Waals surface area contributed by atoms with Crippen LogP contribution in [0.2, 0.25) is 5.02 Å². The third-order valence-electron chi connectivity index (χ3n) is 2.96. The Morgan fingerprint density at radius 2 is 2.05 bits per heavy atom. The summed E-state index contributed by atoms with van der Waals surface area (Å²) in [7, 11) is 0. The zero-order valence-electron chi connectivity index (χ0n) is 11.3. The lowest BCUT2D eigenvalue weighted by Crippen LogP contribution is -2.20. The minimum atomic E-state index is -0.320. The van der Waals surface area contributed by atoms with Crippen LogP contribution in [0.5, 0.6) is 0 Å². The molecule has 0 bridgehead atoms. The van der Waals surface area contributed by atoms with Crippen LogP contribution in [0.15, 0.2) is 41.7 Å². The van der Waals surface area contributed by atoms with Crippen LogP contribution in [-0.4, -0.2) is 22.6 Å². The molecule has 0 aliphatic carbocycles. The molecule has 2 rings (SSSR count). The molecule has 0 atom stereocenters. The fourth-order valence-corrected chi connectivity index (χ4v) is 2.26. The van der Waals surface area contributed by atoms with Crippen LogP contribution in [0.4, 0.5) is 15.9 Å². The number of hydrogen-bond acceptors (Lipinski definition) is 4. The number of benzene rings is 1. The second kappa shape index (κ2) is 6.41. The van der Waals surface area contributed by atoms with Gasteiger partial charge in [0.1, 0.15) is 5.82 Å². The van der Waals surface area contributed by atoms with Crippen molar-refractivity contribution < 1.29 is 9.60 Å². The average Bonchev–Trinajstić information content (AvgIpc) is 2.50. The van der Waals surface area contributed by atoms with E-state index in [4.69, 9.17) is 22.5 Å². The summed E-state index contributed by atoms with van der Waals surface area (Å²) in [5.41, 5.74) is 6.70. The van der Waals surface area contributed by atoms with Gasteiger partial charge in [0.2, 0.25) is 0 Å². The maximum Gasteiger partial charge on any atom is 0.171 e. The molecule has 0 fully saturated rings. The van der Waals surface area contributed by atoms with Crippen LogP contribution in [0.3, 0.4) is 0 Å². The third kappa shape index (κ3) is 3.05. The van der Waals surface area contributed by atoms with E-state index >= 15 is 0 Å². The average molecular weight is 309 g/mol. The van der Waals surface area contributed by atoms with E-state index < -0.39 is 0 Å². The zero-order valence-corrected chi connectivity index (χ0v) is 12.0. The number of hydrogen-bond donors (Lipinski definition) is 2. The van der Waals surface area contributed by atoms with Crippen molar-refractivity contribution in [3.63, 3.8) is 0 Å². The van der Waals surface area contributed by atoms with Gasteiger partial charge in [-0.15, -0.1) is 0 Å². The first kappa shape index (κ1) is 15.1. The Bertz CT molecular complexity index is 661. The number of nitrogens with two attached hydrogens (primary N) is 1. The van der Waals surface area contributed by atoms with Crippen LogP contribution in [0.25, 0.3) is 0 Å². The van der Waals surface area contributed by atoms with Gasteiger partial charge in [-0.3, -0.25) is 0 Å². The Balaban J connectivity index is 2.50. The molecule has 0 spiro atoms. The summed E-state index contributed by atoms with van der Waals surface area (Å²) in [5.74, 6) is 0.0351. The Kier molecular flexibility index (Phi) is 4.59. The molecular weight excluding hydrogens is 295 g/mol. The number of pyridine rings is 1. The SMILES string of the molecule is CCN(c1ccc(F)cc1)c1nccc(/C(N)=N/O)c1Cl. The molecule has 0 saturated heterocycles. The van der Waals surface area contributed by atoms with E-state index in [9.17, 15) is 4.39 Å². The van der Waals surface area contributed by atoms with Gasteiger partial charge >= 0.3 is 0 Å². The minimum absolute atomic E-state index is 0.0983. The van der Waals surface area contributed by atoms with Crippen molar-refractivity contribution in [2.24, 2.45) is 10.9 Å². The molecule has 0 aliphatic rings. The maximum absolute atomic E-state index is 13.0. The normalized spacial score (nSPS) is 11.5. The summed E-state index contributed by atoms with van der Waals surface area (Å²) in [6.07, 6.45) is 1.51. The molecule has 0 radical (unpaired) electrons. The van der Waals surface area contributed by atoms with Gasteiger partial charge in [-0.1, -0.05) is 16.8 Å². The largest absolute Gasteiger partial charge is 0.409 e. The fraction of sp³-hybridized carbons (Fsp3) is 0.143. The summed E-state index contributed by atoms with van der Waals surface area (Å²) in [5, 5.41) is 12.0. The van der Waals surface area contributed by atoms with Crippen molar-refractivity contribution in [2.75, 3.05) is 11.4 Å². The van der Waals surface area contributed by atoms with Gasteiger partial charge in [0.05, 0.1) is 5.02 Å². The van der Waals surface area contributed by atoms with E-state index in [2.05, 4.69) is 10.1 Å². The minimum Gasteiger partial charge on any atom is -0.409 e. The number of oxime groups is 1. The Labute approximate surface area is 126 Å². The molecule has 0 amide bonds. The van der Waals surface area contributed by atoms with Crippen molar-refractivity contribution in [3.05, 3.63) is 52.9 Å². The molecule has 0 aliphatic heterocycles. The molecule has 7 heteroatoms. The summed E-state index contributed by atoms with van der Waals surface area (Å²) >= 11 is 6.29. The van der Waals surface area contributed by atoms with Crippen molar-refractivity contribution in [3.8, 4) is 0 Å². The topological polar surface area (TPSA) is 74.7 Å². The van der Waals surface area contributed by atoms with Gasteiger partial charge in [-0.2, -0.15) is 0 Å². The number of nitrogens with zero attached hydrogens (tertiary/aromatic N) is 3.